The lowest BCUT2D eigenvalue weighted by atomic mass is 10.1. The Bertz CT molecular complexity index is 1210. The van der Waals surface area contributed by atoms with E-state index in [0.717, 1.165) is 10.0 Å². The van der Waals surface area contributed by atoms with Crippen LogP contribution in [0.25, 0.3) is 0 Å². The Balaban J connectivity index is 1.68. The van der Waals surface area contributed by atoms with Crippen molar-refractivity contribution in [3.8, 4) is 5.75 Å². The summed E-state index contributed by atoms with van der Waals surface area (Å²) in [5.41, 5.74) is 5.32. The average molecular weight is 508 g/mol. The molecule has 0 aromatic heterocycles. The van der Waals surface area contributed by atoms with Crippen LogP contribution in [-0.4, -0.2) is 24.0 Å². The number of esters is 1. The van der Waals surface area contributed by atoms with Crippen molar-refractivity contribution in [3.63, 3.8) is 0 Å². The smallest absolute Gasteiger partial charge is 0.343 e. The normalized spacial score (nSPS) is 10.6. The maximum atomic E-state index is 12.5. The number of carbonyl (C=O) groups excluding carboxylic acids is 3. The topological polar surface area (TPSA) is 96.9 Å². The van der Waals surface area contributed by atoms with Crippen molar-refractivity contribution >= 4 is 45.6 Å². The molecule has 0 saturated heterocycles. The van der Waals surface area contributed by atoms with E-state index in [1.165, 1.54) is 6.21 Å². The van der Waals surface area contributed by atoms with E-state index in [1.54, 1.807) is 67.6 Å². The van der Waals surface area contributed by atoms with Crippen LogP contribution < -0.4 is 15.5 Å². The van der Waals surface area contributed by atoms with E-state index in [-0.39, 0.29) is 5.91 Å². The van der Waals surface area contributed by atoms with E-state index < -0.39 is 11.9 Å². The summed E-state index contributed by atoms with van der Waals surface area (Å²) in [5.74, 6) is -0.716. The molecule has 0 fully saturated rings. The second kappa shape index (κ2) is 11.2. The zero-order valence-corrected chi connectivity index (χ0v) is 19.7. The van der Waals surface area contributed by atoms with Crippen molar-refractivity contribution in [1.82, 2.24) is 5.43 Å². The lowest BCUT2D eigenvalue weighted by Gasteiger charge is -2.08. The third kappa shape index (κ3) is 6.85. The summed E-state index contributed by atoms with van der Waals surface area (Å²) in [6.07, 6.45) is 1.77. The van der Waals surface area contributed by atoms with Gasteiger partial charge in [0.2, 0.25) is 5.91 Å². The molecule has 3 aromatic carbocycles. The van der Waals surface area contributed by atoms with Crippen molar-refractivity contribution in [2.24, 2.45) is 5.10 Å². The third-order valence-corrected chi connectivity index (χ3v) is 5.04. The average Bonchev–Trinajstić information content (AvgIpc) is 2.81. The monoisotopic (exact) mass is 507 g/mol. The number of anilines is 1. The number of amides is 2. The minimum Gasteiger partial charge on any atom is -0.422 e. The molecule has 0 aliphatic heterocycles. The highest BCUT2D eigenvalue weighted by molar-refractivity contribution is 9.10. The molecule has 0 heterocycles. The minimum absolute atomic E-state index is 0.107. The zero-order chi connectivity index (χ0) is 23.8. The van der Waals surface area contributed by atoms with Gasteiger partial charge in [-0.3, -0.25) is 9.59 Å². The summed E-state index contributed by atoms with van der Waals surface area (Å²) in [5, 5.41) is 6.71. The third-order valence-electron chi connectivity index (χ3n) is 4.55. The molecular weight excluding hydrogens is 486 g/mol. The first-order valence-corrected chi connectivity index (χ1v) is 11.0. The van der Waals surface area contributed by atoms with Crippen molar-refractivity contribution in [2.75, 3.05) is 5.32 Å². The highest BCUT2D eigenvalue weighted by atomic mass is 79.9. The van der Waals surface area contributed by atoms with Gasteiger partial charge in [0.1, 0.15) is 5.75 Å². The van der Waals surface area contributed by atoms with Gasteiger partial charge in [0.15, 0.2) is 0 Å². The molecule has 7 nitrogen and oxygen atoms in total. The van der Waals surface area contributed by atoms with Crippen LogP contribution in [0, 0.1) is 6.92 Å². The standard InChI is InChI=1S/C25H22BrN3O4/c1-3-23(30)28-21-10-7-17(8-11-21)24(31)29-27-15-19-14-20(26)9-12-22(19)33-25(32)18-6-4-5-16(2)13-18/h4-15H,3H2,1-2H3,(H,28,30)(H,29,31)/b27-15-. The van der Waals surface area contributed by atoms with Crippen LogP contribution in [0.3, 0.4) is 0 Å². The van der Waals surface area contributed by atoms with Gasteiger partial charge in [-0.2, -0.15) is 5.10 Å². The van der Waals surface area contributed by atoms with E-state index in [1.807, 2.05) is 13.0 Å². The number of nitrogens with one attached hydrogen (secondary N) is 2. The second-order valence-electron chi connectivity index (χ2n) is 7.12. The van der Waals surface area contributed by atoms with Crippen LogP contribution >= 0.6 is 15.9 Å². The SMILES string of the molecule is CCC(=O)Nc1ccc(C(=O)N/N=C\c2cc(Br)ccc2OC(=O)c2cccc(C)c2)cc1. The molecule has 0 unspecified atom stereocenters. The first kappa shape index (κ1) is 23.9. The molecule has 0 atom stereocenters. The van der Waals surface area contributed by atoms with Gasteiger partial charge >= 0.3 is 5.97 Å². The minimum atomic E-state index is -0.491. The number of hydrazone groups is 1. The van der Waals surface area contributed by atoms with Crippen LogP contribution in [0.2, 0.25) is 0 Å². The number of carbonyl (C=O) groups is 3. The maximum Gasteiger partial charge on any atom is 0.343 e. The number of halogens is 1. The Morgan fingerprint density at radius 3 is 2.45 bits per heavy atom. The van der Waals surface area contributed by atoms with Crippen LogP contribution in [0.1, 0.15) is 45.2 Å². The molecule has 2 N–H and O–H groups in total. The van der Waals surface area contributed by atoms with Gasteiger partial charge in [-0.05, 0) is 61.5 Å². The van der Waals surface area contributed by atoms with E-state index in [9.17, 15) is 14.4 Å². The van der Waals surface area contributed by atoms with Crippen LogP contribution in [0.4, 0.5) is 5.69 Å². The van der Waals surface area contributed by atoms with E-state index in [4.69, 9.17) is 4.74 Å². The van der Waals surface area contributed by atoms with Gasteiger partial charge < -0.3 is 10.1 Å². The quantitative estimate of drug-likeness (QED) is 0.201. The summed E-state index contributed by atoms with van der Waals surface area (Å²) >= 11 is 3.38. The van der Waals surface area contributed by atoms with E-state index in [2.05, 4.69) is 31.8 Å². The highest BCUT2D eigenvalue weighted by Gasteiger charge is 2.12. The van der Waals surface area contributed by atoms with Crippen LogP contribution in [0.15, 0.2) is 76.3 Å². The number of hydrogen-bond acceptors (Lipinski definition) is 5. The molecule has 3 rings (SSSR count). The lowest BCUT2D eigenvalue weighted by molar-refractivity contribution is -0.115. The predicted molar refractivity (Wildman–Crippen MR) is 131 cm³/mol. The predicted octanol–water partition coefficient (Wildman–Crippen LogP) is 5.09. The summed E-state index contributed by atoms with van der Waals surface area (Å²) in [6.45, 7) is 3.65. The number of rotatable bonds is 7. The fraction of sp³-hybridized carbons (Fsp3) is 0.120. The number of ether oxygens (including phenoxy) is 1. The van der Waals surface area contributed by atoms with Crippen LogP contribution in [-0.2, 0) is 4.79 Å². The molecule has 0 bridgehead atoms. The molecule has 0 aliphatic rings. The van der Waals surface area contributed by atoms with Crippen molar-refractivity contribution in [2.45, 2.75) is 20.3 Å². The molecule has 0 radical (unpaired) electrons. The van der Waals surface area contributed by atoms with Crippen molar-refractivity contribution < 1.29 is 19.1 Å². The van der Waals surface area contributed by atoms with Gasteiger partial charge in [-0.1, -0.05) is 40.5 Å². The molecule has 2 amide bonds. The number of aryl methyl sites for hydroxylation is 1. The largest absolute Gasteiger partial charge is 0.422 e. The fourth-order valence-corrected chi connectivity index (χ4v) is 3.20. The molecule has 8 heteroatoms. The molecule has 168 valence electrons. The zero-order valence-electron chi connectivity index (χ0n) is 18.1. The van der Waals surface area contributed by atoms with Gasteiger partial charge in [0.25, 0.3) is 5.91 Å². The molecule has 33 heavy (non-hydrogen) atoms. The number of hydrogen-bond donors (Lipinski definition) is 2. The van der Waals surface area contributed by atoms with Crippen molar-refractivity contribution in [3.05, 3.63) is 93.5 Å². The van der Waals surface area contributed by atoms with Gasteiger partial charge in [-0.15, -0.1) is 0 Å². The highest BCUT2D eigenvalue weighted by Crippen LogP contribution is 2.23. The summed E-state index contributed by atoms with van der Waals surface area (Å²) in [7, 11) is 0. The molecular formula is C25H22BrN3O4. The molecule has 0 aliphatic carbocycles. The van der Waals surface area contributed by atoms with Gasteiger partial charge in [-0.25, -0.2) is 10.2 Å². The Morgan fingerprint density at radius 2 is 1.76 bits per heavy atom. The first-order chi connectivity index (χ1) is 15.9. The Labute approximate surface area is 200 Å². The lowest BCUT2D eigenvalue weighted by Crippen LogP contribution is -2.18. The van der Waals surface area contributed by atoms with E-state index >= 15 is 0 Å². The van der Waals surface area contributed by atoms with Crippen molar-refractivity contribution in [1.29, 1.82) is 0 Å². The Morgan fingerprint density at radius 1 is 1.00 bits per heavy atom. The molecule has 3 aromatic rings. The van der Waals surface area contributed by atoms with E-state index in [0.29, 0.717) is 34.5 Å². The Hall–Kier alpha value is -3.78. The van der Waals surface area contributed by atoms with Gasteiger partial charge in [0.05, 0.1) is 11.8 Å². The fourth-order valence-electron chi connectivity index (χ4n) is 2.82. The summed E-state index contributed by atoms with van der Waals surface area (Å²) < 4.78 is 6.30. The Kier molecular flexibility index (Phi) is 8.10. The summed E-state index contributed by atoms with van der Waals surface area (Å²) in [4.78, 5) is 36.3. The number of nitrogens with zero attached hydrogens (tertiary/aromatic N) is 1. The molecule has 0 saturated carbocycles. The second-order valence-corrected chi connectivity index (χ2v) is 8.04. The van der Waals surface area contributed by atoms with Gasteiger partial charge in [0, 0.05) is 27.7 Å². The maximum absolute atomic E-state index is 12.5. The summed E-state index contributed by atoms with van der Waals surface area (Å²) in [6, 6.07) is 18.7. The first-order valence-electron chi connectivity index (χ1n) is 10.2. The van der Waals surface area contributed by atoms with Crippen LogP contribution in [0.5, 0.6) is 5.75 Å². The molecule has 0 spiro atoms. The number of benzene rings is 3.